The minimum absolute atomic E-state index is 0.601. The molecule has 0 spiro atoms. The van der Waals surface area contributed by atoms with Crippen LogP contribution in [0.15, 0.2) is 29.4 Å². The molecule has 1 unspecified atom stereocenters. The fourth-order valence-electron chi connectivity index (χ4n) is 1.74. The number of carbonyl (C=O) groups is 1. The van der Waals surface area contributed by atoms with Gasteiger partial charge in [-0.2, -0.15) is 0 Å². The average molecular weight is 250 g/mol. The number of thioether (sulfide) groups is 1. The number of para-hydroxylation sites is 2. The summed E-state index contributed by atoms with van der Waals surface area (Å²) in [5, 5.41) is 9.92. The number of aromatic nitrogens is 2. The molecule has 1 N–H and O–H groups in total. The Hall–Kier alpha value is -1.49. The minimum Gasteiger partial charge on any atom is -0.480 e. The summed E-state index contributed by atoms with van der Waals surface area (Å²) in [6.07, 6.45) is 0. The number of benzene rings is 1. The standard InChI is InChI=1S/C12H14N2O2S/c1-3-17-12-13-9-6-4-5-7-10(9)14(12)8(2)11(15)16/h4-8H,3H2,1-2H3,(H,15,16). The smallest absolute Gasteiger partial charge is 0.326 e. The lowest BCUT2D eigenvalue weighted by molar-refractivity contribution is -0.140. The Balaban J connectivity index is 2.63. The summed E-state index contributed by atoms with van der Waals surface area (Å²) in [7, 11) is 0. The van der Waals surface area contributed by atoms with Crippen molar-refractivity contribution in [2.24, 2.45) is 0 Å². The van der Waals surface area contributed by atoms with Crippen molar-refractivity contribution in [1.29, 1.82) is 0 Å². The molecule has 1 heterocycles. The maximum Gasteiger partial charge on any atom is 0.326 e. The molecule has 17 heavy (non-hydrogen) atoms. The van der Waals surface area contributed by atoms with Crippen LogP contribution in [0.3, 0.4) is 0 Å². The SMILES string of the molecule is CCSc1nc2ccccc2n1C(C)C(=O)O. The zero-order valence-corrected chi connectivity index (χ0v) is 10.6. The summed E-state index contributed by atoms with van der Waals surface area (Å²) < 4.78 is 1.78. The zero-order valence-electron chi connectivity index (χ0n) is 9.75. The van der Waals surface area contributed by atoms with Crippen LogP contribution in [0.25, 0.3) is 11.0 Å². The molecule has 0 bridgehead atoms. The molecule has 4 nitrogen and oxygen atoms in total. The van der Waals surface area contributed by atoms with Gasteiger partial charge in [-0.15, -0.1) is 0 Å². The first-order chi connectivity index (χ1) is 8.15. The number of nitrogens with zero attached hydrogens (tertiary/aromatic N) is 2. The van der Waals surface area contributed by atoms with E-state index in [0.29, 0.717) is 0 Å². The molecule has 0 fully saturated rings. The molecule has 0 radical (unpaired) electrons. The number of carboxylic acid groups (broad SMARTS) is 1. The van der Waals surface area contributed by atoms with Crippen molar-refractivity contribution < 1.29 is 9.90 Å². The number of fused-ring (bicyclic) bond motifs is 1. The lowest BCUT2D eigenvalue weighted by atomic mass is 10.3. The highest BCUT2D eigenvalue weighted by Crippen LogP contribution is 2.27. The van der Waals surface area contributed by atoms with Crippen molar-refractivity contribution in [3.63, 3.8) is 0 Å². The van der Waals surface area contributed by atoms with Crippen molar-refractivity contribution in [3.8, 4) is 0 Å². The van der Waals surface area contributed by atoms with E-state index in [-0.39, 0.29) is 0 Å². The van der Waals surface area contributed by atoms with Gasteiger partial charge in [0.25, 0.3) is 0 Å². The highest BCUT2D eigenvalue weighted by Gasteiger charge is 2.20. The average Bonchev–Trinajstić information content (AvgIpc) is 2.66. The van der Waals surface area contributed by atoms with Crippen LogP contribution in [0.5, 0.6) is 0 Å². The second-order valence-electron chi connectivity index (χ2n) is 3.70. The molecule has 2 rings (SSSR count). The molecular weight excluding hydrogens is 236 g/mol. The molecule has 0 amide bonds. The topological polar surface area (TPSA) is 55.1 Å². The van der Waals surface area contributed by atoms with Crippen LogP contribution in [0.4, 0.5) is 0 Å². The van der Waals surface area contributed by atoms with Gasteiger partial charge in [-0.1, -0.05) is 30.8 Å². The molecule has 2 aromatic rings. The van der Waals surface area contributed by atoms with Gasteiger partial charge in [0.1, 0.15) is 6.04 Å². The summed E-state index contributed by atoms with van der Waals surface area (Å²) in [5.74, 6) is 0.0291. The van der Waals surface area contributed by atoms with Crippen molar-refractivity contribution in [1.82, 2.24) is 9.55 Å². The van der Waals surface area contributed by atoms with Crippen molar-refractivity contribution in [2.45, 2.75) is 25.0 Å². The monoisotopic (exact) mass is 250 g/mol. The molecule has 5 heteroatoms. The Morgan fingerprint density at radius 3 is 2.88 bits per heavy atom. The maximum absolute atomic E-state index is 11.1. The fraction of sp³-hybridized carbons (Fsp3) is 0.333. The van der Waals surface area contributed by atoms with Gasteiger partial charge >= 0.3 is 5.97 Å². The van der Waals surface area contributed by atoms with Gasteiger partial charge in [0.05, 0.1) is 11.0 Å². The summed E-state index contributed by atoms with van der Waals surface area (Å²) in [6.45, 7) is 3.70. The second kappa shape index (κ2) is 4.79. The summed E-state index contributed by atoms with van der Waals surface area (Å²) in [4.78, 5) is 15.6. The van der Waals surface area contributed by atoms with Crippen LogP contribution in [0, 0.1) is 0 Å². The molecule has 1 atom stereocenters. The molecule has 0 aliphatic rings. The van der Waals surface area contributed by atoms with Gasteiger partial charge in [-0.3, -0.25) is 0 Å². The maximum atomic E-state index is 11.1. The van der Waals surface area contributed by atoms with Crippen LogP contribution in [-0.4, -0.2) is 26.4 Å². The van der Waals surface area contributed by atoms with Gasteiger partial charge in [0.2, 0.25) is 0 Å². The van der Waals surface area contributed by atoms with E-state index in [1.54, 1.807) is 23.3 Å². The van der Waals surface area contributed by atoms with Gasteiger partial charge in [-0.25, -0.2) is 9.78 Å². The number of aliphatic carboxylic acids is 1. The van der Waals surface area contributed by atoms with E-state index in [0.717, 1.165) is 21.9 Å². The molecule has 0 saturated heterocycles. The Bertz CT molecular complexity index is 550. The van der Waals surface area contributed by atoms with E-state index in [9.17, 15) is 4.79 Å². The largest absolute Gasteiger partial charge is 0.480 e. The molecule has 0 aliphatic carbocycles. The van der Waals surface area contributed by atoms with Gasteiger partial charge in [0.15, 0.2) is 5.16 Å². The predicted octanol–water partition coefficient (Wildman–Crippen LogP) is 2.79. The molecule has 1 aromatic heterocycles. The Morgan fingerprint density at radius 2 is 2.24 bits per heavy atom. The van der Waals surface area contributed by atoms with E-state index in [4.69, 9.17) is 5.11 Å². The summed E-state index contributed by atoms with van der Waals surface area (Å²) >= 11 is 1.56. The summed E-state index contributed by atoms with van der Waals surface area (Å²) in [5.41, 5.74) is 1.72. The van der Waals surface area contributed by atoms with E-state index in [2.05, 4.69) is 4.98 Å². The normalized spacial score (nSPS) is 12.8. The first-order valence-corrected chi connectivity index (χ1v) is 6.46. The number of rotatable bonds is 4. The van der Waals surface area contributed by atoms with Crippen molar-refractivity contribution in [2.75, 3.05) is 5.75 Å². The second-order valence-corrected chi connectivity index (χ2v) is 4.93. The molecule has 90 valence electrons. The highest BCUT2D eigenvalue weighted by atomic mass is 32.2. The first kappa shape index (κ1) is 12.0. The Morgan fingerprint density at radius 1 is 1.53 bits per heavy atom. The van der Waals surface area contributed by atoms with Crippen LogP contribution in [0.2, 0.25) is 0 Å². The summed E-state index contributed by atoms with van der Waals surface area (Å²) in [6, 6.07) is 7.01. The minimum atomic E-state index is -0.842. The molecular formula is C12H14N2O2S. The lowest BCUT2D eigenvalue weighted by Crippen LogP contribution is -2.16. The van der Waals surface area contributed by atoms with E-state index < -0.39 is 12.0 Å². The third-order valence-corrected chi connectivity index (χ3v) is 3.42. The van der Waals surface area contributed by atoms with E-state index in [1.807, 2.05) is 31.2 Å². The Kier molecular flexibility index (Phi) is 3.38. The molecule has 1 aromatic carbocycles. The van der Waals surface area contributed by atoms with E-state index >= 15 is 0 Å². The van der Waals surface area contributed by atoms with E-state index in [1.165, 1.54) is 0 Å². The third-order valence-electron chi connectivity index (χ3n) is 2.58. The third kappa shape index (κ3) is 2.15. The number of hydrogen-bond acceptors (Lipinski definition) is 3. The van der Waals surface area contributed by atoms with Gasteiger partial charge in [-0.05, 0) is 24.8 Å². The zero-order chi connectivity index (χ0) is 12.4. The highest BCUT2D eigenvalue weighted by molar-refractivity contribution is 7.99. The number of imidazole rings is 1. The van der Waals surface area contributed by atoms with Crippen molar-refractivity contribution >= 4 is 28.8 Å². The lowest BCUT2D eigenvalue weighted by Gasteiger charge is -2.12. The van der Waals surface area contributed by atoms with Crippen LogP contribution >= 0.6 is 11.8 Å². The first-order valence-electron chi connectivity index (χ1n) is 5.47. The van der Waals surface area contributed by atoms with Crippen LogP contribution in [-0.2, 0) is 4.79 Å². The van der Waals surface area contributed by atoms with Crippen molar-refractivity contribution in [3.05, 3.63) is 24.3 Å². The van der Waals surface area contributed by atoms with Gasteiger partial charge < -0.3 is 9.67 Å². The molecule has 0 saturated carbocycles. The predicted molar refractivity (Wildman–Crippen MR) is 68.5 cm³/mol. The molecule has 0 aliphatic heterocycles. The quantitative estimate of drug-likeness (QED) is 0.848. The van der Waals surface area contributed by atoms with Gasteiger partial charge in [0, 0.05) is 0 Å². The number of hydrogen-bond donors (Lipinski definition) is 1. The number of carboxylic acids is 1. The Labute approximate surface area is 104 Å². The van der Waals surface area contributed by atoms with Crippen LogP contribution < -0.4 is 0 Å². The fourth-order valence-corrected chi connectivity index (χ4v) is 2.55. The van der Waals surface area contributed by atoms with Crippen LogP contribution in [0.1, 0.15) is 19.9 Å².